The molecular weight excluding hydrogens is 238 g/mol. The maximum absolute atomic E-state index is 9.81. The Labute approximate surface area is 107 Å². The molecule has 94 valence electrons. The first kappa shape index (κ1) is 12.5. The minimum Gasteiger partial charge on any atom is -0.495 e. The first-order chi connectivity index (χ1) is 7.94. The topological polar surface area (TPSA) is 32.7 Å². The smallest absolute Gasteiger partial charge is 0.142 e. The van der Waals surface area contributed by atoms with Crippen molar-refractivity contribution in [3.8, 4) is 5.75 Å². The van der Waals surface area contributed by atoms with E-state index in [1.807, 2.05) is 18.2 Å². The zero-order valence-electron chi connectivity index (χ0n) is 10.4. The number of nitrogens with zero attached hydrogens (tertiary/aromatic N) is 1. The lowest BCUT2D eigenvalue weighted by Gasteiger charge is -2.34. The van der Waals surface area contributed by atoms with Gasteiger partial charge < -0.3 is 14.7 Å². The quantitative estimate of drug-likeness (QED) is 0.882. The van der Waals surface area contributed by atoms with E-state index in [2.05, 4.69) is 18.7 Å². The van der Waals surface area contributed by atoms with Crippen LogP contribution in [0.2, 0.25) is 5.02 Å². The Morgan fingerprint density at radius 2 is 2.18 bits per heavy atom. The predicted octanol–water partition coefficient (Wildman–Crippen LogP) is 2.70. The van der Waals surface area contributed by atoms with Crippen molar-refractivity contribution >= 4 is 17.3 Å². The summed E-state index contributed by atoms with van der Waals surface area (Å²) in [7, 11) is 1.65. The van der Waals surface area contributed by atoms with Crippen LogP contribution in [-0.2, 0) is 0 Å². The maximum atomic E-state index is 9.81. The van der Waals surface area contributed by atoms with E-state index in [-0.39, 0.29) is 11.6 Å². The molecule has 0 aromatic heterocycles. The number of rotatable bonds is 2. The molecule has 1 aromatic carbocycles. The molecule has 0 saturated carbocycles. The van der Waals surface area contributed by atoms with Crippen LogP contribution >= 0.6 is 11.6 Å². The molecule has 1 aromatic rings. The van der Waals surface area contributed by atoms with Gasteiger partial charge >= 0.3 is 0 Å². The summed E-state index contributed by atoms with van der Waals surface area (Å²) in [6.45, 7) is 4.84. The second-order valence-corrected chi connectivity index (χ2v) is 5.53. The Hall–Kier alpha value is -0.930. The monoisotopic (exact) mass is 255 g/mol. The Morgan fingerprint density at radius 1 is 1.47 bits per heavy atom. The molecule has 1 unspecified atom stereocenters. The number of halogens is 1. The van der Waals surface area contributed by atoms with Crippen LogP contribution in [0.3, 0.4) is 0 Å². The molecule has 1 heterocycles. The van der Waals surface area contributed by atoms with Crippen LogP contribution in [-0.4, -0.2) is 30.4 Å². The molecule has 1 aliphatic heterocycles. The van der Waals surface area contributed by atoms with Gasteiger partial charge in [0, 0.05) is 17.1 Å². The molecule has 4 heteroatoms. The Balaban J connectivity index is 2.42. The van der Waals surface area contributed by atoms with Crippen molar-refractivity contribution in [1.82, 2.24) is 0 Å². The van der Waals surface area contributed by atoms with Crippen LogP contribution in [0.5, 0.6) is 5.75 Å². The lowest BCUT2D eigenvalue weighted by atomic mass is 10.0. The van der Waals surface area contributed by atoms with Gasteiger partial charge in [0.05, 0.1) is 18.9 Å². The summed E-state index contributed by atoms with van der Waals surface area (Å²) < 4.78 is 5.36. The number of ether oxygens (including phenoxy) is 1. The Kier molecular flexibility index (Phi) is 3.23. The van der Waals surface area contributed by atoms with Gasteiger partial charge in [-0.2, -0.15) is 0 Å². The average molecular weight is 256 g/mol. The van der Waals surface area contributed by atoms with Crippen molar-refractivity contribution in [2.45, 2.75) is 31.9 Å². The van der Waals surface area contributed by atoms with Crippen molar-refractivity contribution in [2.24, 2.45) is 0 Å². The Morgan fingerprint density at radius 3 is 2.71 bits per heavy atom. The van der Waals surface area contributed by atoms with Gasteiger partial charge in [-0.3, -0.25) is 0 Å². The van der Waals surface area contributed by atoms with E-state index in [1.54, 1.807) is 7.11 Å². The molecule has 1 fully saturated rings. The van der Waals surface area contributed by atoms with E-state index in [0.717, 1.165) is 17.9 Å². The molecule has 1 atom stereocenters. The van der Waals surface area contributed by atoms with Crippen LogP contribution in [0.25, 0.3) is 0 Å². The second-order valence-electron chi connectivity index (χ2n) is 5.10. The predicted molar refractivity (Wildman–Crippen MR) is 70.1 cm³/mol. The van der Waals surface area contributed by atoms with Crippen LogP contribution in [0.4, 0.5) is 5.69 Å². The molecule has 17 heavy (non-hydrogen) atoms. The third-order valence-electron chi connectivity index (χ3n) is 3.29. The maximum Gasteiger partial charge on any atom is 0.142 e. The van der Waals surface area contributed by atoms with Gasteiger partial charge in [0.25, 0.3) is 0 Å². The summed E-state index contributed by atoms with van der Waals surface area (Å²) in [5.74, 6) is 0.788. The van der Waals surface area contributed by atoms with Gasteiger partial charge in [-0.25, -0.2) is 0 Å². The van der Waals surface area contributed by atoms with E-state index in [0.29, 0.717) is 11.6 Å². The molecule has 1 aliphatic rings. The number of anilines is 1. The largest absolute Gasteiger partial charge is 0.495 e. The molecule has 2 rings (SSSR count). The average Bonchev–Trinajstić information content (AvgIpc) is 2.51. The summed E-state index contributed by atoms with van der Waals surface area (Å²) >= 11 is 6.04. The van der Waals surface area contributed by atoms with Gasteiger partial charge in [0.1, 0.15) is 5.75 Å². The van der Waals surface area contributed by atoms with E-state index in [1.165, 1.54) is 0 Å². The summed E-state index contributed by atoms with van der Waals surface area (Å²) in [6.07, 6.45) is 0.455. The van der Waals surface area contributed by atoms with Gasteiger partial charge in [-0.15, -0.1) is 0 Å². The number of hydrogen-bond donors (Lipinski definition) is 1. The minimum atomic E-state index is -0.298. The lowest BCUT2D eigenvalue weighted by molar-refractivity contribution is 0.188. The fraction of sp³-hybridized carbons (Fsp3) is 0.538. The number of benzene rings is 1. The van der Waals surface area contributed by atoms with E-state index >= 15 is 0 Å². The summed E-state index contributed by atoms with van der Waals surface area (Å²) in [4.78, 5) is 2.16. The van der Waals surface area contributed by atoms with Gasteiger partial charge in [0.2, 0.25) is 0 Å². The van der Waals surface area contributed by atoms with E-state index in [9.17, 15) is 5.11 Å². The summed E-state index contributed by atoms with van der Waals surface area (Å²) in [5.41, 5.74) is 0.860. The normalized spacial score (nSPS) is 22.9. The zero-order valence-corrected chi connectivity index (χ0v) is 11.2. The summed E-state index contributed by atoms with van der Waals surface area (Å²) in [6, 6.07) is 5.56. The third-order valence-corrected chi connectivity index (χ3v) is 3.53. The fourth-order valence-corrected chi connectivity index (χ4v) is 2.67. The van der Waals surface area contributed by atoms with Crippen molar-refractivity contribution < 1.29 is 9.84 Å². The van der Waals surface area contributed by atoms with Crippen molar-refractivity contribution in [3.63, 3.8) is 0 Å². The number of aliphatic hydroxyl groups excluding tert-OH is 1. The van der Waals surface area contributed by atoms with E-state index < -0.39 is 0 Å². The third kappa shape index (κ3) is 2.35. The molecule has 0 aliphatic carbocycles. The molecule has 3 nitrogen and oxygen atoms in total. The zero-order chi connectivity index (χ0) is 12.6. The van der Waals surface area contributed by atoms with Crippen molar-refractivity contribution in [1.29, 1.82) is 0 Å². The van der Waals surface area contributed by atoms with Crippen LogP contribution in [0.1, 0.15) is 20.3 Å². The highest BCUT2D eigenvalue weighted by Gasteiger charge is 2.38. The highest BCUT2D eigenvalue weighted by atomic mass is 35.5. The number of hydrogen-bond acceptors (Lipinski definition) is 3. The highest BCUT2D eigenvalue weighted by molar-refractivity contribution is 6.30. The van der Waals surface area contributed by atoms with Gasteiger partial charge in [0.15, 0.2) is 0 Å². The van der Waals surface area contributed by atoms with Gasteiger partial charge in [-0.05, 0) is 38.5 Å². The first-order valence-corrected chi connectivity index (χ1v) is 6.11. The molecule has 0 radical (unpaired) electrons. The van der Waals surface area contributed by atoms with Crippen LogP contribution < -0.4 is 9.64 Å². The van der Waals surface area contributed by atoms with Gasteiger partial charge in [-0.1, -0.05) is 11.6 Å². The molecule has 1 N–H and O–H groups in total. The van der Waals surface area contributed by atoms with Crippen LogP contribution in [0.15, 0.2) is 18.2 Å². The van der Waals surface area contributed by atoms with Crippen molar-refractivity contribution in [2.75, 3.05) is 18.6 Å². The minimum absolute atomic E-state index is 0.0859. The lowest BCUT2D eigenvalue weighted by Crippen LogP contribution is -2.38. The van der Waals surface area contributed by atoms with Crippen molar-refractivity contribution in [3.05, 3.63) is 23.2 Å². The number of aliphatic hydroxyl groups is 1. The fourth-order valence-electron chi connectivity index (χ4n) is 2.51. The Bertz CT molecular complexity index is 420. The van der Waals surface area contributed by atoms with E-state index in [4.69, 9.17) is 16.3 Å². The molecule has 1 saturated heterocycles. The SMILES string of the molecule is COc1ccc(Cl)cc1N1CC(O)CC1(C)C. The highest BCUT2D eigenvalue weighted by Crippen LogP contribution is 2.40. The number of β-amino-alcohol motifs (C(OH)–C–C–N with tert-alkyl or cyclic N) is 1. The summed E-state index contributed by atoms with van der Waals surface area (Å²) in [5, 5.41) is 10.5. The molecule has 0 amide bonds. The molecular formula is C13H18ClNO2. The first-order valence-electron chi connectivity index (χ1n) is 5.73. The standard InChI is InChI=1S/C13H18ClNO2/c1-13(2)7-10(16)8-15(13)11-6-9(14)4-5-12(11)17-3/h4-6,10,16H,7-8H2,1-3H3. The van der Waals surface area contributed by atoms with Crippen LogP contribution in [0, 0.1) is 0 Å². The molecule has 0 bridgehead atoms. The second kappa shape index (κ2) is 4.39. The molecule has 0 spiro atoms. The number of methoxy groups -OCH3 is 1.